The SMILES string of the molecule is CCN1CCN(c2c[c]ncn2)CC1. The Bertz CT molecular complexity index is 267. The van der Waals surface area contributed by atoms with Gasteiger partial charge in [0.25, 0.3) is 0 Å². The fourth-order valence-corrected chi connectivity index (χ4v) is 1.72. The van der Waals surface area contributed by atoms with Crippen LogP contribution < -0.4 is 4.90 Å². The van der Waals surface area contributed by atoms with E-state index in [9.17, 15) is 0 Å². The van der Waals surface area contributed by atoms with Gasteiger partial charge in [-0.3, -0.25) is 0 Å². The summed E-state index contributed by atoms with van der Waals surface area (Å²) in [7, 11) is 0. The number of aromatic nitrogens is 2. The molecule has 1 aromatic heterocycles. The molecular weight excluding hydrogens is 176 g/mol. The molecule has 1 aromatic rings. The Morgan fingerprint density at radius 1 is 1.36 bits per heavy atom. The van der Waals surface area contributed by atoms with Crippen LogP contribution in [0.1, 0.15) is 6.92 Å². The maximum Gasteiger partial charge on any atom is 0.132 e. The van der Waals surface area contributed by atoms with Crippen LogP contribution in [0.15, 0.2) is 12.4 Å². The van der Waals surface area contributed by atoms with E-state index in [0.717, 1.165) is 38.5 Å². The molecule has 0 atom stereocenters. The lowest BCUT2D eigenvalue weighted by Gasteiger charge is -2.34. The molecule has 2 rings (SSSR count). The minimum atomic E-state index is 0.996. The third kappa shape index (κ3) is 2.01. The fraction of sp³-hybridized carbons (Fsp3) is 0.600. The number of nitrogens with zero attached hydrogens (tertiary/aromatic N) is 4. The van der Waals surface area contributed by atoms with E-state index in [4.69, 9.17) is 0 Å². The largest absolute Gasteiger partial charge is 0.354 e. The molecule has 0 aromatic carbocycles. The van der Waals surface area contributed by atoms with Crippen molar-refractivity contribution in [3.05, 3.63) is 18.6 Å². The minimum absolute atomic E-state index is 0.996. The number of rotatable bonds is 2. The number of likely N-dealkylation sites (N-methyl/N-ethyl adjacent to an activating group) is 1. The van der Waals surface area contributed by atoms with Crippen LogP contribution in [0, 0.1) is 6.20 Å². The predicted molar refractivity (Wildman–Crippen MR) is 55.2 cm³/mol. The first-order valence-corrected chi connectivity index (χ1v) is 5.05. The zero-order chi connectivity index (χ0) is 9.80. The molecule has 0 bridgehead atoms. The normalized spacial score (nSPS) is 18.5. The number of piperazine rings is 1. The van der Waals surface area contributed by atoms with E-state index >= 15 is 0 Å². The lowest BCUT2D eigenvalue weighted by atomic mass is 10.3. The first kappa shape index (κ1) is 9.40. The van der Waals surface area contributed by atoms with Crippen LogP contribution in [0.3, 0.4) is 0 Å². The lowest BCUT2D eigenvalue weighted by molar-refractivity contribution is 0.270. The second-order valence-electron chi connectivity index (χ2n) is 3.43. The van der Waals surface area contributed by atoms with Gasteiger partial charge in [-0.05, 0) is 6.54 Å². The van der Waals surface area contributed by atoms with Gasteiger partial charge in [-0.2, -0.15) is 0 Å². The van der Waals surface area contributed by atoms with Gasteiger partial charge in [0.2, 0.25) is 0 Å². The van der Waals surface area contributed by atoms with Gasteiger partial charge in [0.05, 0.1) is 6.20 Å². The molecule has 0 aliphatic carbocycles. The van der Waals surface area contributed by atoms with Gasteiger partial charge in [-0.15, -0.1) is 0 Å². The molecule has 1 aliphatic heterocycles. The molecule has 4 nitrogen and oxygen atoms in total. The molecule has 75 valence electrons. The Morgan fingerprint density at radius 2 is 2.14 bits per heavy atom. The van der Waals surface area contributed by atoms with E-state index in [0.29, 0.717) is 0 Å². The van der Waals surface area contributed by atoms with Gasteiger partial charge in [-0.1, -0.05) is 6.92 Å². The second-order valence-corrected chi connectivity index (χ2v) is 3.43. The topological polar surface area (TPSA) is 32.3 Å². The fourth-order valence-electron chi connectivity index (χ4n) is 1.72. The molecule has 0 N–H and O–H groups in total. The second kappa shape index (κ2) is 4.37. The molecular formula is C10H15N4. The summed E-state index contributed by atoms with van der Waals surface area (Å²) in [6, 6.07) is 1.85. The Labute approximate surface area is 84.6 Å². The number of hydrogen-bond acceptors (Lipinski definition) is 4. The van der Waals surface area contributed by atoms with Gasteiger partial charge in [0, 0.05) is 32.2 Å². The van der Waals surface area contributed by atoms with Crippen LogP contribution in [-0.2, 0) is 0 Å². The molecule has 0 unspecified atom stereocenters. The molecule has 0 amide bonds. The molecule has 14 heavy (non-hydrogen) atoms. The maximum absolute atomic E-state index is 4.22. The average molecular weight is 191 g/mol. The van der Waals surface area contributed by atoms with Crippen LogP contribution in [0.4, 0.5) is 5.82 Å². The summed E-state index contributed by atoms with van der Waals surface area (Å²) in [6.07, 6.45) is 4.37. The average Bonchev–Trinajstić information content (AvgIpc) is 2.30. The van der Waals surface area contributed by atoms with Crippen molar-refractivity contribution < 1.29 is 0 Å². The van der Waals surface area contributed by atoms with Crippen molar-refractivity contribution in [2.75, 3.05) is 37.6 Å². The van der Waals surface area contributed by atoms with Gasteiger partial charge < -0.3 is 9.80 Å². The molecule has 1 fully saturated rings. The molecule has 1 aliphatic rings. The van der Waals surface area contributed by atoms with E-state index in [-0.39, 0.29) is 0 Å². The van der Waals surface area contributed by atoms with Crippen molar-refractivity contribution in [1.82, 2.24) is 14.9 Å². The lowest BCUT2D eigenvalue weighted by Crippen LogP contribution is -2.46. The Kier molecular flexibility index (Phi) is 2.93. The molecule has 1 radical (unpaired) electrons. The van der Waals surface area contributed by atoms with Gasteiger partial charge in [0.1, 0.15) is 12.1 Å². The zero-order valence-electron chi connectivity index (χ0n) is 8.48. The maximum atomic E-state index is 4.22. The van der Waals surface area contributed by atoms with E-state index in [1.54, 1.807) is 6.33 Å². The van der Waals surface area contributed by atoms with Crippen LogP contribution >= 0.6 is 0 Å². The first-order chi connectivity index (χ1) is 6.90. The van der Waals surface area contributed by atoms with E-state index < -0.39 is 0 Å². The summed E-state index contributed by atoms with van der Waals surface area (Å²) in [5.41, 5.74) is 0. The van der Waals surface area contributed by atoms with Crippen LogP contribution in [0.5, 0.6) is 0 Å². The summed E-state index contributed by atoms with van der Waals surface area (Å²) in [4.78, 5) is 12.7. The van der Waals surface area contributed by atoms with E-state index in [2.05, 4.69) is 32.9 Å². The Morgan fingerprint density at radius 3 is 2.71 bits per heavy atom. The highest BCUT2D eigenvalue weighted by molar-refractivity contribution is 5.36. The van der Waals surface area contributed by atoms with Gasteiger partial charge in [-0.25, -0.2) is 9.97 Å². The third-order valence-corrected chi connectivity index (χ3v) is 2.66. The van der Waals surface area contributed by atoms with Crippen LogP contribution in [0.2, 0.25) is 0 Å². The molecule has 1 saturated heterocycles. The zero-order valence-corrected chi connectivity index (χ0v) is 8.48. The third-order valence-electron chi connectivity index (χ3n) is 2.66. The van der Waals surface area contributed by atoms with Crippen molar-refractivity contribution in [3.63, 3.8) is 0 Å². The van der Waals surface area contributed by atoms with Crippen molar-refractivity contribution in [1.29, 1.82) is 0 Å². The number of hydrogen-bond donors (Lipinski definition) is 0. The van der Waals surface area contributed by atoms with Crippen molar-refractivity contribution in [2.24, 2.45) is 0 Å². The summed E-state index contributed by atoms with van der Waals surface area (Å²) in [5, 5.41) is 0. The molecule has 0 spiro atoms. The summed E-state index contributed by atoms with van der Waals surface area (Å²) >= 11 is 0. The van der Waals surface area contributed by atoms with Crippen molar-refractivity contribution >= 4 is 5.82 Å². The van der Waals surface area contributed by atoms with E-state index in [1.165, 1.54) is 0 Å². The van der Waals surface area contributed by atoms with Crippen molar-refractivity contribution in [2.45, 2.75) is 6.92 Å². The van der Waals surface area contributed by atoms with Crippen LogP contribution in [0.25, 0.3) is 0 Å². The minimum Gasteiger partial charge on any atom is -0.354 e. The summed E-state index contributed by atoms with van der Waals surface area (Å²) in [6.45, 7) is 7.70. The predicted octanol–water partition coefficient (Wildman–Crippen LogP) is 0.419. The smallest absolute Gasteiger partial charge is 0.132 e. The monoisotopic (exact) mass is 191 g/mol. The van der Waals surface area contributed by atoms with Gasteiger partial charge in [0.15, 0.2) is 0 Å². The van der Waals surface area contributed by atoms with Crippen LogP contribution in [-0.4, -0.2) is 47.6 Å². The Balaban J connectivity index is 1.96. The highest BCUT2D eigenvalue weighted by Crippen LogP contribution is 2.10. The summed E-state index contributed by atoms with van der Waals surface area (Å²) < 4.78 is 0. The number of anilines is 1. The highest BCUT2D eigenvalue weighted by Gasteiger charge is 2.15. The highest BCUT2D eigenvalue weighted by atomic mass is 15.3. The first-order valence-electron chi connectivity index (χ1n) is 5.05. The molecule has 0 saturated carbocycles. The Hall–Kier alpha value is -1.16. The van der Waals surface area contributed by atoms with Crippen molar-refractivity contribution in [3.8, 4) is 0 Å². The standard InChI is InChI=1S/C10H15N4/c1-2-13-5-7-14(8-6-13)10-3-4-11-9-12-10/h3,9H,2,5-8H2,1H3. The van der Waals surface area contributed by atoms with Gasteiger partial charge >= 0.3 is 0 Å². The molecule has 4 heteroatoms. The van der Waals surface area contributed by atoms with E-state index in [1.807, 2.05) is 6.07 Å². The molecule has 2 heterocycles. The summed E-state index contributed by atoms with van der Waals surface area (Å²) in [5.74, 6) is 0.996. The quantitative estimate of drug-likeness (QED) is 0.678.